The van der Waals surface area contributed by atoms with Gasteiger partial charge in [-0.25, -0.2) is 8.78 Å². The predicted octanol–water partition coefficient (Wildman–Crippen LogP) is 3.94. The molecule has 1 saturated carbocycles. The maximum atomic E-state index is 13.6. The SMILES string of the molecule is CC1CC(C)CC(C(O)Cc2c(F)cccc2F)C1. The average molecular weight is 268 g/mol. The molecule has 0 heterocycles. The number of aliphatic hydroxyl groups is 1. The molecule has 0 aromatic heterocycles. The Morgan fingerprint density at radius 2 is 1.63 bits per heavy atom. The molecule has 0 bridgehead atoms. The summed E-state index contributed by atoms with van der Waals surface area (Å²) in [6.45, 7) is 4.36. The minimum absolute atomic E-state index is 0.0147. The van der Waals surface area contributed by atoms with E-state index in [1.807, 2.05) is 0 Å². The predicted molar refractivity (Wildman–Crippen MR) is 71.7 cm³/mol. The second-order valence-corrected chi connectivity index (χ2v) is 6.15. The fourth-order valence-corrected chi connectivity index (χ4v) is 3.43. The Morgan fingerprint density at radius 1 is 1.11 bits per heavy atom. The third kappa shape index (κ3) is 3.53. The fourth-order valence-electron chi connectivity index (χ4n) is 3.43. The largest absolute Gasteiger partial charge is 0.392 e. The van der Waals surface area contributed by atoms with Gasteiger partial charge in [0.25, 0.3) is 0 Å². The summed E-state index contributed by atoms with van der Waals surface area (Å²) >= 11 is 0. The van der Waals surface area contributed by atoms with Gasteiger partial charge in [0, 0.05) is 12.0 Å². The van der Waals surface area contributed by atoms with Crippen LogP contribution in [0.15, 0.2) is 18.2 Å². The highest BCUT2D eigenvalue weighted by Crippen LogP contribution is 2.35. The first kappa shape index (κ1) is 14.4. The maximum absolute atomic E-state index is 13.6. The number of hydrogen-bond donors (Lipinski definition) is 1. The molecule has 0 amide bonds. The Balaban J connectivity index is 2.06. The van der Waals surface area contributed by atoms with E-state index in [1.165, 1.54) is 24.6 Å². The van der Waals surface area contributed by atoms with Gasteiger partial charge in [-0.2, -0.15) is 0 Å². The molecule has 0 radical (unpaired) electrons. The molecule has 19 heavy (non-hydrogen) atoms. The first-order valence-electron chi connectivity index (χ1n) is 7.08. The van der Waals surface area contributed by atoms with E-state index in [0.717, 1.165) is 12.8 Å². The van der Waals surface area contributed by atoms with Crippen LogP contribution in [-0.4, -0.2) is 11.2 Å². The Morgan fingerprint density at radius 3 is 2.16 bits per heavy atom. The fraction of sp³-hybridized carbons (Fsp3) is 0.625. The summed E-state index contributed by atoms with van der Waals surface area (Å²) in [7, 11) is 0. The molecule has 3 unspecified atom stereocenters. The van der Waals surface area contributed by atoms with E-state index >= 15 is 0 Å². The molecule has 1 nitrogen and oxygen atoms in total. The molecular weight excluding hydrogens is 246 g/mol. The van der Waals surface area contributed by atoms with Crippen molar-refractivity contribution in [2.75, 3.05) is 0 Å². The van der Waals surface area contributed by atoms with Crippen LogP contribution in [0.5, 0.6) is 0 Å². The van der Waals surface area contributed by atoms with Gasteiger partial charge in [0.05, 0.1) is 6.10 Å². The van der Waals surface area contributed by atoms with Crippen LogP contribution in [0.1, 0.15) is 38.7 Å². The summed E-state index contributed by atoms with van der Waals surface area (Å²) in [5.41, 5.74) is 0.0147. The molecule has 0 spiro atoms. The van der Waals surface area contributed by atoms with Gasteiger partial charge < -0.3 is 5.11 Å². The lowest BCUT2D eigenvalue weighted by Crippen LogP contribution is -2.31. The highest BCUT2D eigenvalue weighted by Gasteiger charge is 2.30. The Kier molecular flexibility index (Phi) is 4.56. The van der Waals surface area contributed by atoms with Crippen LogP contribution in [0, 0.1) is 29.4 Å². The highest BCUT2D eigenvalue weighted by molar-refractivity contribution is 5.20. The van der Waals surface area contributed by atoms with E-state index in [1.54, 1.807) is 0 Å². The first-order chi connectivity index (χ1) is 8.97. The Hall–Kier alpha value is -0.960. The number of rotatable bonds is 3. The van der Waals surface area contributed by atoms with Crippen molar-refractivity contribution in [3.63, 3.8) is 0 Å². The van der Waals surface area contributed by atoms with Crippen LogP contribution < -0.4 is 0 Å². The van der Waals surface area contributed by atoms with Crippen LogP contribution >= 0.6 is 0 Å². The maximum Gasteiger partial charge on any atom is 0.129 e. The van der Waals surface area contributed by atoms with Crippen LogP contribution in [0.2, 0.25) is 0 Å². The van der Waals surface area contributed by atoms with Crippen molar-refractivity contribution in [2.24, 2.45) is 17.8 Å². The second-order valence-electron chi connectivity index (χ2n) is 6.15. The van der Waals surface area contributed by atoms with E-state index in [4.69, 9.17) is 0 Å². The lowest BCUT2D eigenvalue weighted by atomic mass is 9.73. The number of halogens is 2. The molecule has 1 N–H and O–H groups in total. The quantitative estimate of drug-likeness (QED) is 0.880. The molecule has 1 aliphatic rings. The lowest BCUT2D eigenvalue weighted by molar-refractivity contribution is 0.0549. The molecule has 0 saturated heterocycles. The summed E-state index contributed by atoms with van der Waals surface area (Å²) in [5.74, 6) is 0.187. The highest BCUT2D eigenvalue weighted by atomic mass is 19.1. The van der Waals surface area contributed by atoms with Crippen molar-refractivity contribution < 1.29 is 13.9 Å². The summed E-state index contributed by atoms with van der Waals surface area (Å²) in [6.07, 6.45) is 2.49. The standard InChI is InChI=1S/C16H22F2O/c1-10-6-11(2)8-12(7-10)16(19)9-13-14(17)4-3-5-15(13)18/h3-5,10-12,16,19H,6-9H2,1-2H3. The van der Waals surface area contributed by atoms with E-state index in [0.29, 0.717) is 11.8 Å². The van der Waals surface area contributed by atoms with Crippen LogP contribution in [0.3, 0.4) is 0 Å². The average Bonchev–Trinajstić information content (AvgIpc) is 2.32. The van der Waals surface area contributed by atoms with Crippen LogP contribution in [0.4, 0.5) is 8.78 Å². The van der Waals surface area contributed by atoms with Gasteiger partial charge in [-0.1, -0.05) is 19.9 Å². The zero-order valence-electron chi connectivity index (χ0n) is 11.6. The van der Waals surface area contributed by atoms with Gasteiger partial charge in [-0.15, -0.1) is 0 Å². The van der Waals surface area contributed by atoms with E-state index in [2.05, 4.69) is 13.8 Å². The summed E-state index contributed by atoms with van der Waals surface area (Å²) in [6, 6.07) is 3.85. The van der Waals surface area contributed by atoms with E-state index < -0.39 is 17.7 Å². The molecule has 3 heteroatoms. The third-order valence-electron chi connectivity index (χ3n) is 4.23. The zero-order valence-corrected chi connectivity index (χ0v) is 11.6. The third-order valence-corrected chi connectivity index (χ3v) is 4.23. The van der Waals surface area contributed by atoms with Crippen molar-refractivity contribution in [1.29, 1.82) is 0 Å². The minimum atomic E-state index is -0.656. The van der Waals surface area contributed by atoms with Gasteiger partial charge in [-0.3, -0.25) is 0 Å². The molecule has 1 fully saturated rings. The van der Waals surface area contributed by atoms with Crippen LogP contribution in [0.25, 0.3) is 0 Å². The van der Waals surface area contributed by atoms with Crippen molar-refractivity contribution >= 4 is 0 Å². The van der Waals surface area contributed by atoms with Crippen molar-refractivity contribution in [1.82, 2.24) is 0 Å². The summed E-state index contributed by atoms with van der Waals surface area (Å²) < 4.78 is 27.2. The molecule has 1 aliphatic carbocycles. The topological polar surface area (TPSA) is 20.2 Å². The number of benzene rings is 1. The molecule has 1 aromatic carbocycles. The molecule has 0 aliphatic heterocycles. The van der Waals surface area contributed by atoms with Crippen LogP contribution in [-0.2, 0) is 6.42 Å². The molecular formula is C16H22F2O. The van der Waals surface area contributed by atoms with Gasteiger partial charge in [0.2, 0.25) is 0 Å². The van der Waals surface area contributed by atoms with Crippen molar-refractivity contribution in [3.05, 3.63) is 35.4 Å². The molecule has 3 atom stereocenters. The Labute approximate surface area is 113 Å². The lowest BCUT2D eigenvalue weighted by Gasteiger charge is -2.34. The molecule has 2 rings (SSSR count). The molecule has 106 valence electrons. The number of aliphatic hydroxyl groups excluding tert-OH is 1. The summed E-state index contributed by atoms with van der Waals surface area (Å²) in [4.78, 5) is 0. The van der Waals surface area contributed by atoms with Gasteiger partial charge in [0.1, 0.15) is 11.6 Å². The minimum Gasteiger partial charge on any atom is -0.392 e. The van der Waals surface area contributed by atoms with E-state index in [9.17, 15) is 13.9 Å². The Bertz CT molecular complexity index is 403. The van der Waals surface area contributed by atoms with Crippen molar-refractivity contribution in [3.8, 4) is 0 Å². The summed E-state index contributed by atoms with van der Waals surface area (Å²) in [5, 5.41) is 10.3. The number of hydrogen-bond acceptors (Lipinski definition) is 1. The van der Waals surface area contributed by atoms with Gasteiger partial charge in [-0.05, 0) is 49.1 Å². The van der Waals surface area contributed by atoms with Gasteiger partial charge in [0.15, 0.2) is 0 Å². The normalized spacial score (nSPS) is 29.2. The monoisotopic (exact) mass is 268 g/mol. The second kappa shape index (κ2) is 6.00. The smallest absolute Gasteiger partial charge is 0.129 e. The zero-order chi connectivity index (χ0) is 14.0. The van der Waals surface area contributed by atoms with Crippen molar-refractivity contribution in [2.45, 2.75) is 45.6 Å². The van der Waals surface area contributed by atoms with E-state index in [-0.39, 0.29) is 17.9 Å². The first-order valence-corrected chi connectivity index (χ1v) is 7.08. The van der Waals surface area contributed by atoms with Gasteiger partial charge >= 0.3 is 0 Å². The molecule has 1 aromatic rings.